The maximum atomic E-state index is 12.6. The molecule has 0 saturated carbocycles. The zero-order valence-electron chi connectivity index (χ0n) is 14.9. The molecule has 3 aromatic rings. The summed E-state index contributed by atoms with van der Waals surface area (Å²) in [4.78, 5) is 23.2. The van der Waals surface area contributed by atoms with Crippen LogP contribution in [0.5, 0.6) is 0 Å². The first-order valence-electron chi connectivity index (χ1n) is 8.45. The number of rotatable bonds is 5. The van der Waals surface area contributed by atoms with Crippen LogP contribution < -0.4 is 5.32 Å². The Kier molecular flexibility index (Phi) is 5.73. The van der Waals surface area contributed by atoms with Crippen molar-refractivity contribution in [3.63, 3.8) is 0 Å². The van der Waals surface area contributed by atoms with Crippen molar-refractivity contribution in [1.29, 1.82) is 0 Å². The van der Waals surface area contributed by atoms with Crippen LogP contribution in [0.1, 0.15) is 33.2 Å². The molecular weight excluding hydrogens is 380 g/mol. The van der Waals surface area contributed by atoms with Gasteiger partial charge in [-0.05, 0) is 36.8 Å². The number of aliphatic hydroxyl groups is 1. The quantitative estimate of drug-likeness (QED) is 0.474. The lowest BCUT2D eigenvalue weighted by atomic mass is 9.99. The molecule has 0 unspecified atom stereocenters. The van der Waals surface area contributed by atoms with Crippen LogP contribution in [0.3, 0.4) is 0 Å². The number of carbonyl (C=O) groups is 1. The highest BCUT2D eigenvalue weighted by Crippen LogP contribution is 2.31. The van der Waals surface area contributed by atoms with Crippen molar-refractivity contribution in [3.05, 3.63) is 104 Å². The summed E-state index contributed by atoms with van der Waals surface area (Å²) in [5.74, 6) is -0.521. The van der Waals surface area contributed by atoms with Gasteiger partial charge in [0.25, 0.3) is 11.6 Å². The summed E-state index contributed by atoms with van der Waals surface area (Å²) >= 11 is 6.08. The lowest BCUT2D eigenvalue weighted by Crippen LogP contribution is -2.15. The molecular formula is C21H17ClN2O4. The van der Waals surface area contributed by atoms with Gasteiger partial charge in [-0.2, -0.15) is 0 Å². The summed E-state index contributed by atoms with van der Waals surface area (Å²) in [6.45, 7) is 1.60. The monoisotopic (exact) mass is 396 g/mol. The molecule has 28 heavy (non-hydrogen) atoms. The van der Waals surface area contributed by atoms with E-state index >= 15 is 0 Å². The summed E-state index contributed by atoms with van der Waals surface area (Å²) < 4.78 is 0. The molecule has 0 bridgehead atoms. The molecule has 1 amide bonds. The number of nitrogens with one attached hydrogen (secondary N) is 1. The molecule has 0 saturated heterocycles. The molecule has 0 fully saturated rings. The smallest absolute Gasteiger partial charge is 0.273 e. The maximum Gasteiger partial charge on any atom is 0.273 e. The number of anilines is 1. The van der Waals surface area contributed by atoms with E-state index in [4.69, 9.17) is 11.6 Å². The Morgan fingerprint density at radius 1 is 1.11 bits per heavy atom. The van der Waals surface area contributed by atoms with E-state index < -0.39 is 16.9 Å². The zero-order valence-corrected chi connectivity index (χ0v) is 15.7. The number of hydrogen-bond acceptors (Lipinski definition) is 4. The molecule has 0 heterocycles. The third-order valence-corrected chi connectivity index (χ3v) is 4.57. The SMILES string of the molecule is Cc1ccc(C(=O)Nc2ccc(Cl)cc2[C@H](O)c2ccccc2)cc1[N+](=O)[O-]. The summed E-state index contributed by atoms with van der Waals surface area (Å²) in [6, 6.07) is 18.0. The number of hydrogen-bond donors (Lipinski definition) is 2. The van der Waals surface area contributed by atoms with Crippen LogP contribution in [0.15, 0.2) is 66.7 Å². The number of nitro groups is 1. The maximum absolute atomic E-state index is 12.6. The lowest BCUT2D eigenvalue weighted by Gasteiger charge is -2.17. The van der Waals surface area contributed by atoms with E-state index in [2.05, 4.69) is 5.32 Å². The van der Waals surface area contributed by atoms with Gasteiger partial charge in [-0.1, -0.05) is 48.0 Å². The van der Waals surface area contributed by atoms with Crippen LogP contribution in [0.2, 0.25) is 5.02 Å². The van der Waals surface area contributed by atoms with E-state index in [0.717, 1.165) is 0 Å². The lowest BCUT2D eigenvalue weighted by molar-refractivity contribution is -0.385. The Morgan fingerprint density at radius 2 is 1.82 bits per heavy atom. The average molecular weight is 397 g/mol. The van der Waals surface area contributed by atoms with Gasteiger partial charge in [0.2, 0.25) is 0 Å². The first-order chi connectivity index (χ1) is 13.4. The summed E-state index contributed by atoms with van der Waals surface area (Å²) in [5, 5.41) is 25.0. The second kappa shape index (κ2) is 8.21. The largest absolute Gasteiger partial charge is 0.384 e. The molecule has 1 atom stereocenters. The van der Waals surface area contributed by atoms with Gasteiger partial charge in [0.15, 0.2) is 0 Å². The number of aliphatic hydroxyl groups excluding tert-OH is 1. The van der Waals surface area contributed by atoms with Gasteiger partial charge in [-0.25, -0.2) is 0 Å². The summed E-state index contributed by atoms with van der Waals surface area (Å²) in [5.41, 5.74) is 1.92. The minimum Gasteiger partial charge on any atom is -0.384 e. The first-order valence-corrected chi connectivity index (χ1v) is 8.83. The van der Waals surface area contributed by atoms with E-state index in [0.29, 0.717) is 27.4 Å². The van der Waals surface area contributed by atoms with Crippen LogP contribution >= 0.6 is 11.6 Å². The molecule has 7 heteroatoms. The normalized spacial score (nSPS) is 11.7. The number of halogens is 1. The Hall–Kier alpha value is -3.22. The molecule has 2 N–H and O–H groups in total. The van der Waals surface area contributed by atoms with Crippen LogP contribution in [-0.4, -0.2) is 15.9 Å². The molecule has 0 aliphatic heterocycles. The van der Waals surface area contributed by atoms with Gasteiger partial charge in [0, 0.05) is 33.5 Å². The second-order valence-electron chi connectivity index (χ2n) is 6.26. The van der Waals surface area contributed by atoms with Crippen LogP contribution in [0, 0.1) is 17.0 Å². The van der Waals surface area contributed by atoms with Crippen molar-refractivity contribution in [2.75, 3.05) is 5.32 Å². The standard InChI is InChI=1S/C21H17ClN2O4/c1-13-7-8-15(11-19(13)24(27)28)21(26)23-18-10-9-16(22)12-17(18)20(25)14-5-3-2-4-6-14/h2-12,20,25H,1H3,(H,23,26)/t20-/m1/s1. The topological polar surface area (TPSA) is 92.5 Å². The summed E-state index contributed by atoms with van der Waals surface area (Å²) in [7, 11) is 0. The number of nitrogens with zero attached hydrogens (tertiary/aromatic N) is 1. The molecule has 6 nitrogen and oxygen atoms in total. The predicted octanol–water partition coefficient (Wildman–Crippen LogP) is 4.89. The molecule has 0 aromatic heterocycles. The van der Waals surface area contributed by atoms with Gasteiger partial charge >= 0.3 is 0 Å². The van der Waals surface area contributed by atoms with Crippen LogP contribution in [0.25, 0.3) is 0 Å². The molecule has 0 aliphatic carbocycles. The number of carbonyl (C=O) groups excluding carboxylic acids is 1. The van der Waals surface area contributed by atoms with E-state index in [9.17, 15) is 20.0 Å². The fourth-order valence-corrected chi connectivity index (χ4v) is 3.01. The molecule has 142 valence electrons. The number of aryl methyl sites for hydroxylation is 1. The van der Waals surface area contributed by atoms with Crippen molar-refractivity contribution < 1.29 is 14.8 Å². The van der Waals surface area contributed by atoms with Gasteiger partial charge in [-0.15, -0.1) is 0 Å². The fourth-order valence-electron chi connectivity index (χ4n) is 2.83. The van der Waals surface area contributed by atoms with Gasteiger partial charge in [-0.3, -0.25) is 14.9 Å². The Morgan fingerprint density at radius 3 is 2.50 bits per heavy atom. The number of amides is 1. The first kappa shape index (κ1) is 19.5. The third kappa shape index (κ3) is 4.19. The molecule has 3 rings (SSSR count). The molecule has 0 spiro atoms. The van der Waals surface area contributed by atoms with Crippen molar-refractivity contribution in [1.82, 2.24) is 0 Å². The molecule has 3 aromatic carbocycles. The van der Waals surface area contributed by atoms with Crippen LogP contribution in [0.4, 0.5) is 11.4 Å². The average Bonchev–Trinajstić information content (AvgIpc) is 2.69. The summed E-state index contributed by atoms with van der Waals surface area (Å²) in [6.07, 6.45) is -0.998. The Balaban J connectivity index is 1.94. The number of benzene rings is 3. The van der Waals surface area contributed by atoms with Crippen LogP contribution in [-0.2, 0) is 0 Å². The van der Waals surface area contributed by atoms with Crippen molar-refractivity contribution in [2.24, 2.45) is 0 Å². The fraction of sp³-hybridized carbons (Fsp3) is 0.0952. The highest BCUT2D eigenvalue weighted by Gasteiger charge is 2.19. The van der Waals surface area contributed by atoms with E-state index in [1.54, 1.807) is 49.4 Å². The van der Waals surface area contributed by atoms with Crippen molar-refractivity contribution in [3.8, 4) is 0 Å². The van der Waals surface area contributed by atoms with E-state index in [1.165, 1.54) is 18.2 Å². The van der Waals surface area contributed by atoms with Gasteiger partial charge in [0.1, 0.15) is 6.10 Å². The second-order valence-corrected chi connectivity index (χ2v) is 6.69. The zero-order chi connectivity index (χ0) is 20.3. The molecule has 0 aliphatic rings. The minimum absolute atomic E-state index is 0.131. The Labute approximate surface area is 166 Å². The van der Waals surface area contributed by atoms with E-state index in [-0.39, 0.29) is 11.3 Å². The van der Waals surface area contributed by atoms with E-state index in [1.807, 2.05) is 6.07 Å². The highest BCUT2D eigenvalue weighted by atomic mass is 35.5. The third-order valence-electron chi connectivity index (χ3n) is 4.34. The van der Waals surface area contributed by atoms with Gasteiger partial charge in [0.05, 0.1) is 4.92 Å². The molecule has 0 radical (unpaired) electrons. The Bertz CT molecular complexity index is 1040. The predicted molar refractivity (Wildman–Crippen MR) is 108 cm³/mol. The minimum atomic E-state index is -0.998. The highest BCUT2D eigenvalue weighted by molar-refractivity contribution is 6.30. The number of nitro benzene ring substituents is 1. The van der Waals surface area contributed by atoms with Crippen molar-refractivity contribution >= 4 is 28.9 Å². The van der Waals surface area contributed by atoms with Crippen molar-refractivity contribution in [2.45, 2.75) is 13.0 Å². The van der Waals surface area contributed by atoms with Gasteiger partial charge < -0.3 is 10.4 Å².